The minimum absolute atomic E-state index is 0.00784. The van der Waals surface area contributed by atoms with Crippen LogP contribution in [0.1, 0.15) is 22.9 Å². The first-order valence-electron chi connectivity index (χ1n) is 11.0. The lowest BCUT2D eigenvalue weighted by molar-refractivity contribution is -0.0675. The molecule has 0 aliphatic carbocycles. The molecule has 34 heavy (non-hydrogen) atoms. The minimum atomic E-state index is -1.69. The molecule has 3 heterocycles. The Labute approximate surface area is 199 Å². The van der Waals surface area contributed by atoms with Gasteiger partial charge in [0.25, 0.3) is 0 Å². The highest BCUT2D eigenvalue weighted by Gasteiger charge is 2.42. The van der Waals surface area contributed by atoms with Gasteiger partial charge < -0.3 is 5.11 Å². The maximum absolute atomic E-state index is 14.9. The monoisotopic (exact) mass is 484 g/mol. The largest absolute Gasteiger partial charge is 0.381 e. The fraction of sp³-hybridized carbons (Fsp3) is 0.280. The van der Waals surface area contributed by atoms with Gasteiger partial charge in [0, 0.05) is 40.5 Å². The Kier molecular flexibility index (Phi) is 6.01. The van der Waals surface area contributed by atoms with Gasteiger partial charge in [-0.15, -0.1) is 11.3 Å². The fourth-order valence-corrected chi connectivity index (χ4v) is 5.78. The van der Waals surface area contributed by atoms with Crippen LogP contribution in [0, 0.1) is 17.5 Å². The van der Waals surface area contributed by atoms with Gasteiger partial charge >= 0.3 is 0 Å². The van der Waals surface area contributed by atoms with Crippen molar-refractivity contribution in [3.63, 3.8) is 0 Å². The van der Waals surface area contributed by atoms with E-state index in [-0.39, 0.29) is 17.9 Å². The van der Waals surface area contributed by atoms with Gasteiger partial charge in [-0.3, -0.25) is 4.90 Å². The number of benzene rings is 2. The summed E-state index contributed by atoms with van der Waals surface area (Å²) in [6, 6.07) is 11.3. The van der Waals surface area contributed by atoms with Crippen LogP contribution < -0.4 is 0 Å². The second-order valence-corrected chi connectivity index (χ2v) is 9.74. The average Bonchev–Trinajstić information content (AvgIpc) is 3.47. The SMILES string of the molecule is C[C@@H](N1CCc2sc(-c3cccc(F)c3)cc2C1)[C@](O)(Cn1cncn1)c1ccc(F)cc1F. The summed E-state index contributed by atoms with van der Waals surface area (Å²) < 4.78 is 43.6. The van der Waals surface area contributed by atoms with Crippen LogP contribution in [0.2, 0.25) is 0 Å². The first-order chi connectivity index (χ1) is 16.3. The Balaban J connectivity index is 1.46. The van der Waals surface area contributed by atoms with Gasteiger partial charge in [-0.05, 0) is 48.7 Å². The van der Waals surface area contributed by atoms with Crippen LogP contribution >= 0.6 is 11.3 Å². The lowest BCUT2D eigenvalue weighted by Crippen LogP contribution is -2.53. The zero-order chi connectivity index (χ0) is 23.9. The number of aromatic nitrogens is 3. The molecule has 0 bridgehead atoms. The molecule has 1 aliphatic heterocycles. The molecule has 9 heteroatoms. The first-order valence-corrected chi connectivity index (χ1v) is 11.8. The van der Waals surface area contributed by atoms with Crippen LogP contribution in [0.5, 0.6) is 0 Å². The molecule has 0 saturated carbocycles. The molecule has 2 aromatic heterocycles. The second-order valence-electron chi connectivity index (χ2n) is 8.61. The standard InChI is InChI=1S/C25H23F3N4OS/c1-16(25(33,13-32-15-29-14-30-32)21-6-5-20(27)11-22(21)28)31-8-7-23-18(12-31)10-24(34-23)17-3-2-4-19(26)9-17/h2-6,9-11,14-16,33H,7-8,12-13H2,1H3/t16-,25-/m1/s1. The maximum Gasteiger partial charge on any atom is 0.137 e. The average molecular weight is 485 g/mol. The van der Waals surface area contributed by atoms with E-state index in [9.17, 15) is 18.3 Å². The summed E-state index contributed by atoms with van der Waals surface area (Å²) in [6.45, 7) is 2.99. The van der Waals surface area contributed by atoms with Crippen molar-refractivity contribution in [3.8, 4) is 10.4 Å². The highest BCUT2D eigenvalue weighted by atomic mass is 32.1. The lowest BCUT2D eigenvalue weighted by atomic mass is 9.84. The quantitative estimate of drug-likeness (QED) is 0.429. The summed E-state index contributed by atoms with van der Waals surface area (Å²) in [4.78, 5) is 8.22. The van der Waals surface area contributed by atoms with Crippen molar-refractivity contribution in [2.24, 2.45) is 0 Å². The highest BCUT2D eigenvalue weighted by molar-refractivity contribution is 7.15. The van der Waals surface area contributed by atoms with Crippen LogP contribution in [0.4, 0.5) is 13.2 Å². The molecule has 0 fully saturated rings. The Morgan fingerprint density at radius 3 is 2.68 bits per heavy atom. The second kappa shape index (κ2) is 8.98. The van der Waals surface area contributed by atoms with E-state index in [1.54, 1.807) is 17.4 Å². The van der Waals surface area contributed by atoms with Crippen molar-refractivity contribution in [1.29, 1.82) is 0 Å². The number of hydrogen-bond acceptors (Lipinski definition) is 5. The number of nitrogens with zero attached hydrogens (tertiary/aromatic N) is 4. The number of rotatable bonds is 6. The molecule has 5 nitrogen and oxygen atoms in total. The highest BCUT2D eigenvalue weighted by Crippen LogP contribution is 2.38. The minimum Gasteiger partial charge on any atom is -0.381 e. The molecular weight excluding hydrogens is 461 g/mol. The normalized spacial score (nSPS) is 16.7. The van der Waals surface area contributed by atoms with Gasteiger partial charge in [0.15, 0.2) is 0 Å². The van der Waals surface area contributed by atoms with E-state index >= 15 is 0 Å². The van der Waals surface area contributed by atoms with Crippen molar-refractivity contribution in [3.05, 3.63) is 94.6 Å². The van der Waals surface area contributed by atoms with Crippen molar-refractivity contribution < 1.29 is 18.3 Å². The third kappa shape index (κ3) is 4.26. The van der Waals surface area contributed by atoms with E-state index < -0.39 is 23.3 Å². The van der Waals surface area contributed by atoms with Crippen LogP contribution in [0.15, 0.2) is 61.2 Å². The molecule has 4 aromatic rings. The molecule has 1 aliphatic rings. The van der Waals surface area contributed by atoms with Crippen LogP contribution in [0.25, 0.3) is 10.4 Å². The van der Waals surface area contributed by atoms with Crippen LogP contribution in [0.3, 0.4) is 0 Å². The Bertz CT molecular complexity index is 1310. The Morgan fingerprint density at radius 1 is 1.12 bits per heavy atom. The van der Waals surface area contributed by atoms with E-state index in [0.717, 1.165) is 34.6 Å². The molecular formula is C25H23F3N4OS. The van der Waals surface area contributed by atoms with Gasteiger partial charge in [0.05, 0.1) is 6.54 Å². The molecule has 2 aromatic carbocycles. The molecule has 0 unspecified atom stereocenters. The van der Waals surface area contributed by atoms with E-state index in [0.29, 0.717) is 13.1 Å². The molecule has 1 N–H and O–H groups in total. The van der Waals surface area contributed by atoms with Gasteiger partial charge in [0.1, 0.15) is 35.7 Å². The summed E-state index contributed by atoms with van der Waals surface area (Å²) in [5.74, 6) is -1.79. The van der Waals surface area contributed by atoms with E-state index in [1.165, 1.54) is 40.4 Å². The van der Waals surface area contributed by atoms with Gasteiger partial charge in [-0.2, -0.15) is 5.10 Å². The summed E-state index contributed by atoms with van der Waals surface area (Å²) in [5, 5.41) is 16.0. The number of fused-ring (bicyclic) bond motifs is 1. The first kappa shape index (κ1) is 22.8. The van der Waals surface area contributed by atoms with E-state index in [1.807, 2.05) is 13.0 Å². The predicted octanol–water partition coefficient (Wildman–Crippen LogP) is 4.76. The molecule has 0 amide bonds. The van der Waals surface area contributed by atoms with Crippen LogP contribution in [-0.2, 0) is 25.1 Å². The third-order valence-electron chi connectivity index (χ3n) is 6.51. The fourth-order valence-electron chi connectivity index (χ4n) is 4.62. The van der Waals surface area contributed by atoms with Crippen molar-refractivity contribution in [1.82, 2.24) is 19.7 Å². The Hall–Kier alpha value is -3.01. The molecule has 176 valence electrons. The van der Waals surface area contributed by atoms with E-state index in [4.69, 9.17) is 0 Å². The van der Waals surface area contributed by atoms with Crippen LogP contribution in [-0.4, -0.2) is 37.4 Å². The zero-order valence-corrected chi connectivity index (χ0v) is 19.3. The van der Waals surface area contributed by atoms with E-state index in [2.05, 4.69) is 21.0 Å². The molecule has 0 spiro atoms. The Morgan fingerprint density at radius 2 is 1.94 bits per heavy atom. The third-order valence-corrected chi connectivity index (χ3v) is 7.80. The molecule has 2 atom stereocenters. The topological polar surface area (TPSA) is 54.2 Å². The molecule has 0 saturated heterocycles. The number of halogens is 3. The van der Waals surface area contributed by atoms with Gasteiger partial charge in [-0.1, -0.05) is 18.2 Å². The smallest absolute Gasteiger partial charge is 0.137 e. The summed E-state index contributed by atoms with van der Waals surface area (Å²) in [6.07, 6.45) is 3.56. The summed E-state index contributed by atoms with van der Waals surface area (Å²) >= 11 is 1.64. The predicted molar refractivity (Wildman–Crippen MR) is 124 cm³/mol. The molecule has 5 rings (SSSR count). The van der Waals surface area contributed by atoms with Gasteiger partial charge in [0.2, 0.25) is 0 Å². The summed E-state index contributed by atoms with van der Waals surface area (Å²) in [5.41, 5.74) is 0.248. The number of hydrogen-bond donors (Lipinski definition) is 1. The van der Waals surface area contributed by atoms with Gasteiger partial charge in [-0.25, -0.2) is 22.8 Å². The van der Waals surface area contributed by atoms with Crippen molar-refractivity contribution in [2.45, 2.75) is 38.1 Å². The summed E-state index contributed by atoms with van der Waals surface area (Å²) in [7, 11) is 0. The zero-order valence-electron chi connectivity index (χ0n) is 18.5. The molecule has 0 radical (unpaired) electrons. The van der Waals surface area contributed by atoms with Crippen molar-refractivity contribution >= 4 is 11.3 Å². The van der Waals surface area contributed by atoms with Crippen molar-refractivity contribution in [2.75, 3.05) is 6.54 Å². The maximum atomic E-state index is 14.9. The number of aliphatic hydroxyl groups is 1. The lowest BCUT2D eigenvalue weighted by Gasteiger charge is -2.42. The number of thiophene rings is 1.